The first-order valence-corrected chi connectivity index (χ1v) is 6.52. The third-order valence-corrected chi connectivity index (χ3v) is 4.38. The van der Waals surface area contributed by atoms with E-state index in [2.05, 4.69) is 15.9 Å². The molecule has 0 unspecified atom stereocenters. The lowest BCUT2D eigenvalue weighted by atomic mass is 10.3. The predicted molar refractivity (Wildman–Crippen MR) is 59.5 cm³/mol. The number of hydrogen-bond donors (Lipinski definition) is 0. The summed E-state index contributed by atoms with van der Waals surface area (Å²) in [6.45, 7) is -0.445. The molecule has 1 aromatic carbocycles. The van der Waals surface area contributed by atoms with Gasteiger partial charge in [0.1, 0.15) is 23.1 Å². The maximum Gasteiger partial charge on any atom is 0.246 e. The number of rotatable bonds is 3. The molecule has 17 heavy (non-hydrogen) atoms. The van der Waals surface area contributed by atoms with E-state index < -0.39 is 33.1 Å². The van der Waals surface area contributed by atoms with E-state index in [0.717, 1.165) is 13.1 Å². The van der Waals surface area contributed by atoms with Crippen LogP contribution in [-0.4, -0.2) is 26.3 Å². The van der Waals surface area contributed by atoms with Crippen LogP contribution in [-0.2, 0) is 10.0 Å². The van der Waals surface area contributed by atoms with E-state index >= 15 is 0 Å². The first-order valence-electron chi connectivity index (χ1n) is 4.28. The average molecular weight is 325 g/mol. The number of nitrogens with zero attached hydrogens (tertiary/aromatic N) is 2. The molecule has 0 saturated carbocycles. The van der Waals surface area contributed by atoms with Gasteiger partial charge >= 0.3 is 0 Å². The number of nitriles is 1. The van der Waals surface area contributed by atoms with Gasteiger partial charge in [0.25, 0.3) is 0 Å². The summed E-state index contributed by atoms with van der Waals surface area (Å²) in [5, 5.41) is 8.38. The Morgan fingerprint density at radius 3 is 2.53 bits per heavy atom. The first kappa shape index (κ1) is 14.0. The van der Waals surface area contributed by atoms with Gasteiger partial charge in [0.05, 0.1) is 10.5 Å². The van der Waals surface area contributed by atoms with Crippen LogP contribution in [0.5, 0.6) is 0 Å². The largest absolute Gasteiger partial charge is 0.246 e. The summed E-state index contributed by atoms with van der Waals surface area (Å²) in [6.07, 6.45) is 0. The third-order valence-electron chi connectivity index (χ3n) is 1.96. The zero-order valence-electron chi connectivity index (χ0n) is 8.61. The van der Waals surface area contributed by atoms with Crippen molar-refractivity contribution in [2.24, 2.45) is 0 Å². The van der Waals surface area contributed by atoms with Crippen LogP contribution >= 0.6 is 15.9 Å². The molecule has 0 aliphatic heterocycles. The topological polar surface area (TPSA) is 61.2 Å². The molecule has 92 valence electrons. The van der Waals surface area contributed by atoms with Gasteiger partial charge in [-0.1, -0.05) is 0 Å². The molecule has 0 bridgehead atoms. The maximum absolute atomic E-state index is 13.4. The van der Waals surface area contributed by atoms with E-state index in [-0.39, 0.29) is 4.47 Å². The third kappa shape index (κ3) is 2.80. The van der Waals surface area contributed by atoms with E-state index in [1.807, 2.05) is 0 Å². The SMILES string of the molecule is CN(CC#N)S(=O)(=O)c1cc(F)c(Br)cc1F. The molecule has 1 rings (SSSR count). The molecule has 4 nitrogen and oxygen atoms in total. The summed E-state index contributed by atoms with van der Waals surface area (Å²) >= 11 is 2.74. The first-order chi connectivity index (χ1) is 7.80. The molecule has 0 amide bonds. The van der Waals surface area contributed by atoms with E-state index in [4.69, 9.17) is 5.26 Å². The van der Waals surface area contributed by atoms with Crippen LogP contribution in [0.2, 0.25) is 0 Å². The van der Waals surface area contributed by atoms with Crippen molar-refractivity contribution < 1.29 is 17.2 Å². The molecule has 0 fully saturated rings. The molecule has 1 aromatic rings. The summed E-state index contributed by atoms with van der Waals surface area (Å²) in [4.78, 5) is -0.795. The van der Waals surface area contributed by atoms with Gasteiger partial charge in [-0.15, -0.1) is 0 Å². The van der Waals surface area contributed by atoms with E-state index in [9.17, 15) is 17.2 Å². The summed E-state index contributed by atoms with van der Waals surface area (Å²) in [6, 6.07) is 2.91. The summed E-state index contributed by atoms with van der Waals surface area (Å²) in [5.41, 5.74) is 0. The van der Waals surface area contributed by atoms with Crippen molar-refractivity contribution in [2.75, 3.05) is 13.6 Å². The van der Waals surface area contributed by atoms with Crippen molar-refractivity contribution in [3.63, 3.8) is 0 Å². The zero-order valence-corrected chi connectivity index (χ0v) is 11.0. The van der Waals surface area contributed by atoms with Crippen molar-refractivity contribution in [2.45, 2.75) is 4.90 Å². The highest BCUT2D eigenvalue weighted by molar-refractivity contribution is 9.10. The lowest BCUT2D eigenvalue weighted by Gasteiger charge is -2.14. The molecule has 8 heteroatoms. The molecule has 0 N–H and O–H groups in total. The molecule has 0 radical (unpaired) electrons. The van der Waals surface area contributed by atoms with Crippen LogP contribution < -0.4 is 0 Å². The van der Waals surface area contributed by atoms with Gasteiger partial charge in [0.2, 0.25) is 10.0 Å². The van der Waals surface area contributed by atoms with E-state index in [0.29, 0.717) is 10.4 Å². The van der Waals surface area contributed by atoms with Gasteiger partial charge in [-0.05, 0) is 28.1 Å². The van der Waals surface area contributed by atoms with Crippen LogP contribution in [0, 0.1) is 23.0 Å². The highest BCUT2D eigenvalue weighted by Crippen LogP contribution is 2.24. The smallest absolute Gasteiger partial charge is 0.207 e. The fourth-order valence-electron chi connectivity index (χ4n) is 1.05. The second-order valence-electron chi connectivity index (χ2n) is 3.12. The fraction of sp³-hybridized carbons (Fsp3) is 0.222. The Bertz CT molecular complexity index is 583. The Morgan fingerprint density at radius 1 is 1.41 bits per heavy atom. The van der Waals surface area contributed by atoms with Gasteiger partial charge < -0.3 is 0 Å². The second kappa shape index (κ2) is 5.08. The average Bonchev–Trinajstić information content (AvgIpc) is 2.23. The molecule has 0 heterocycles. The minimum atomic E-state index is -4.20. The molecule has 0 atom stereocenters. The van der Waals surface area contributed by atoms with Crippen LogP contribution in [0.1, 0.15) is 0 Å². The molecule has 0 spiro atoms. The Kier molecular flexibility index (Phi) is 4.19. The van der Waals surface area contributed by atoms with Gasteiger partial charge in [-0.3, -0.25) is 0 Å². The Balaban J connectivity index is 3.35. The molecule has 0 aliphatic carbocycles. The van der Waals surface area contributed by atoms with Crippen molar-refractivity contribution >= 4 is 26.0 Å². The van der Waals surface area contributed by atoms with Gasteiger partial charge in [-0.25, -0.2) is 17.2 Å². The lowest BCUT2D eigenvalue weighted by Crippen LogP contribution is -2.28. The monoisotopic (exact) mass is 324 g/mol. The predicted octanol–water partition coefficient (Wildman–Crippen LogP) is 1.87. The molecule has 0 aromatic heterocycles. The zero-order chi connectivity index (χ0) is 13.2. The van der Waals surface area contributed by atoms with Crippen LogP contribution in [0.15, 0.2) is 21.5 Å². The van der Waals surface area contributed by atoms with Crippen molar-refractivity contribution in [1.29, 1.82) is 5.26 Å². The Morgan fingerprint density at radius 2 is 2.00 bits per heavy atom. The standard InChI is InChI=1S/C9H7BrF2N2O2S/c1-14(3-2-13)17(15,16)9-5-7(11)6(10)4-8(9)12/h4-5H,3H2,1H3. The Labute approximate surface area is 106 Å². The molecular formula is C9H7BrF2N2O2S. The summed E-state index contributed by atoms with van der Waals surface area (Å²) < 4.78 is 50.6. The number of sulfonamides is 1. The van der Waals surface area contributed by atoms with Crippen LogP contribution in [0.3, 0.4) is 0 Å². The number of hydrogen-bond acceptors (Lipinski definition) is 3. The fourth-order valence-corrected chi connectivity index (χ4v) is 2.49. The number of halogens is 3. The van der Waals surface area contributed by atoms with Gasteiger partial charge in [0, 0.05) is 7.05 Å². The van der Waals surface area contributed by atoms with Gasteiger partial charge in [0.15, 0.2) is 0 Å². The molecular weight excluding hydrogens is 318 g/mol. The van der Waals surface area contributed by atoms with Crippen LogP contribution in [0.4, 0.5) is 8.78 Å². The maximum atomic E-state index is 13.4. The molecule has 0 saturated heterocycles. The minimum Gasteiger partial charge on any atom is -0.207 e. The lowest BCUT2D eigenvalue weighted by molar-refractivity contribution is 0.488. The normalized spacial score (nSPS) is 11.5. The quantitative estimate of drug-likeness (QED) is 0.630. The Hall–Kier alpha value is -1.04. The van der Waals surface area contributed by atoms with Crippen molar-refractivity contribution in [3.05, 3.63) is 28.2 Å². The summed E-state index contributed by atoms with van der Waals surface area (Å²) in [7, 11) is -3.09. The van der Waals surface area contributed by atoms with E-state index in [1.165, 1.54) is 0 Å². The summed E-state index contributed by atoms with van der Waals surface area (Å²) in [5.74, 6) is -1.97. The van der Waals surface area contributed by atoms with Gasteiger partial charge in [-0.2, -0.15) is 9.57 Å². The van der Waals surface area contributed by atoms with Crippen molar-refractivity contribution in [1.82, 2.24) is 4.31 Å². The number of benzene rings is 1. The van der Waals surface area contributed by atoms with Crippen molar-refractivity contribution in [3.8, 4) is 6.07 Å². The minimum absolute atomic E-state index is 0.170. The van der Waals surface area contributed by atoms with Crippen LogP contribution in [0.25, 0.3) is 0 Å². The van der Waals surface area contributed by atoms with E-state index in [1.54, 1.807) is 6.07 Å². The molecule has 0 aliphatic rings. The highest BCUT2D eigenvalue weighted by Gasteiger charge is 2.25. The second-order valence-corrected chi connectivity index (χ2v) is 5.98. The highest BCUT2D eigenvalue weighted by atomic mass is 79.9.